The number of likely N-dealkylation sites (tertiary alicyclic amines) is 1. The zero-order valence-corrected chi connectivity index (χ0v) is 15.5. The molecule has 0 atom stereocenters. The number of methoxy groups -OCH3 is 1. The minimum atomic E-state index is -3.37. The van der Waals surface area contributed by atoms with E-state index in [0.717, 1.165) is 5.56 Å². The second-order valence-corrected chi connectivity index (χ2v) is 7.87. The Bertz CT molecular complexity index is 669. The molecule has 1 heterocycles. The first-order valence-corrected chi connectivity index (χ1v) is 10.1. The van der Waals surface area contributed by atoms with Crippen LogP contribution in [0.25, 0.3) is 0 Å². The van der Waals surface area contributed by atoms with Gasteiger partial charge in [0.25, 0.3) is 0 Å². The number of nitrogens with zero attached hydrogens (tertiary/aromatic N) is 1. The summed E-state index contributed by atoms with van der Waals surface area (Å²) in [4.78, 5) is 13.3. The molecule has 1 aliphatic heterocycles. The fourth-order valence-corrected chi connectivity index (χ4v) is 4.15. The number of carbonyl (C=O) groups excluding carboxylic acids is 1. The van der Waals surface area contributed by atoms with Crippen LogP contribution in [0.5, 0.6) is 5.75 Å². The van der Waals surface area contributed by atoms with Crippen LogP contribution < -0.4 is 9.46 Å². The van der Waals surface area contributed by atoms with E-state index in [0.29, 0.717) is 44.7 Å². The van der Waals surface area contributed by atoms with Crippen LogP contribution >= 0.6 is 0 Å². The van der Waals surface area contributed by atoms with Gasteiger partial charge in [0.05, 0.1) is 19.5 Å². The van der Waals surface area contributed by atoms with Gasteiger partial charge in [0.2, 0.25) is 10.0 Å². The fourth-order valence-electron chi connectivity index (χ4n) is 2.79. The summed E-state index contributed by atoms with van der Waals surface area (Å²) < 4.78 is 37.5. The Labute approximate surface area is 149 Å². The third-order valence-corrected chi connectivity index (χ3v) is 5.59. The Morgan fingerprint density at radius 2 is 2.04 bits per heavy atom. The summed E-state index contributed by atoms with van der Waals surface area (Å²) in [5, 5.41) is 0. The molecule has 0 unspecified atom stereocenters. The SMILES string of the molecule is CCOC(=O)N1CCC(NS(=O)(=O)CCc2cccc(OC)c2)CC1. The van der Waals surface area contributed by atoms with Gasteiger partial charge in [0.15, 0.2) is 0 Å². The summed E-state index contributed by atoms with van der Waals surface area (Å²) >= 11 is 0. The standard InChI is InChI=1S/C17H26N2O5S/c1-3-24-17(20)19-10-7-15(8-11-19)18-25(21,22)12-9-14-5-4-6-16(13-14)23-2/h4-6,13,15,18H,3,7-12H2,1-2H3. The van der Waals surface area contributed by atoms with E-state index in [4.69, 9.17) is 9.47 Å². The molecule has 0 aromatic heterocycles. The first kappa shape index (κ1) is 19.5. The number of hydrogen-bond donors (Lipinski definition) is 1. The number of aryl methyl sites for hydroxylation is 1. The van der Waals surface area contributed by atoms with Crippen LogP contribution in [0.15, 0.2) is 24.3 Å². The molecule has 1 N–H and O–H groups in total. The average Bonchev–Trinajstić information content (AvgIpc) is 2.61. The first-order chi connectivity index (χ1) is 11.9. The molecule has 0 spiro atoms. The summed E-state index contributed by atoms with van der Waals surface area (Å²) in [6.07, 6.45) is 1.28. The van der Waals surface area contributed by atoms with Crippen molar-refractivity contribution in [1.82, 2.24) is 9.62 Å². The van der Waals surface area contributed by atoms with E-state index >= 15 is 0 Å². The second kappa shape index (κ2) is 9.05. The van der Waals surface area contributed by atoms with Crippen molar-refractivity contribution in [2.75, 3.05) is 32.6 Å². The van der Waals surface area contributed by atoms with Gasteiger partial charge in [-0.1, -0.05) is 12.1 Å². The molecular formula is C17H26N2O5S. The zero-order valence-electron chi connectivity index (χ0n) is 14.7. The lowest BCUT2D eigenvalue weighted by Crippen LogP contribution is -2.47. The highest BCUT2D eigenvalue weighted by Crippen LogP contribution is 2.15. The number of rotatable bonds is 7. The van der Waals surface area contributed by atoms with E-state index in [-0.39, 0.29) is 17.9 Å². The Balaban J connectivity index is 1.80. The van der Waals surface area contributed by atoms with Crippen molar-refractivity contribution in [2.24, 2.45) is 0 Å². The maximum absolute atomic E-state index is 12.3. The third-order valence-electron chi connectivity index (χ3n) is 4.16. The summed E-state index contributed by atoms with van der Waals surface area (Å²) in [6.45, 7) is 3.11. The van der Waals surface area contributed by atoms with Crippen LogP contribution in [0.3, 0.4) is 0 Å². The Hall–Kier alpha value is -1.80. The van der Waals surface area contributed by atoms with Gasteiger partial charge in [0.1, 0.15) is 5.75 Å². The highest BCUT2D eigenvalue weighted by atomic mass is 32.2. The highest BCUT2D eigenvalue weighted by Gasteiger charge is 2.26. The van der Waals surface area contributed by atoms with Gasteiger partial charge in [-0.05, 0) is 43.9 Å². The van der Waals surface area contributed by atoms with Gasteiger partial charge in [-0.25, -0.2) is 17.9 Å². The smallest absolute Gasteiger partial charge is 0.409 e. The van der Waals surface area contributed by atoms with Crippen molar-refractivity contribution in [3.8, 4) is 5.75 Å². The zero-order chi connectivity index (χ0) is 18.3. The van der Waals surface area contributed by atoms with Crippen LogP contribution in [0.1, 0.15) is 25.3 Å². The predicted octanol–water partition coefficient (Wildman–Crippen LogP) is 1.78. The van der Waals surface area contributed by atoms with Crippen molar-refractivity contribution in [1.29, 1.82) is 0 Å². The van der Waals surface area contributed by atoms with Gasteiger partial charge in [-0.2, -0.15) is 0 Å². The van der Waals surface area contributed by atoms with Gasteiger partial charge in [-0.3, -0.25) is 0 Å². The molecule has 0 radical (unpaired) electrons. The van der Waals surface area contributed by atoms with Crippen molar-refractivity contribution in [3.05, 3.63) is 29.8 Å². The summed E-state index contributed by atoms with van der Waals surface area (Å²) in [7, 11) is -1.79. The molecule has 0 bridgehead atoms. The van der Waals surface area contributed by atoms with Gasteiger partial charge < -0.3 is 14.4 Å². The molecule has 25 heavy (non-hydrogen) atoms. The van der Waals surface area contributed by atoms with Crippen molar-refractivity contribution in [3.63, 3.8) is 0 Å². The van der Waals surface area contributed by atoms with E-state index in [2.05, 4.69) is 4.72 Å². The number of ether oxygens (including phenoxy) is 2. The lowest BCUT2D eigenvalue weighted by molar-refractivity contribution is 0.0966. The first-order valence-electron chi connectivity index (χ1n) is 8.48. The monoisotopic (exact) mass is 370 g/mol. The van der Waals surface area contributed by atoms with E-state index in [1.807, 2.05) is 24.3 Å². The number of sulfonamides is 1. The van der Waals surface area contributed by atoms with Crippen LogP contribution in [-0.2, 0) is 21.2 Å². The number of hydrogen-bond acceptors (Lipinski definition) is 5. The van der Waals surface area contributed by atoms with Crippen molar-refractivity contribution in [2.45, 2.75) is 32.2 Å². The number of carbonyl (C=O) groups is 1. The molecule has 0 saturated carbocycles. The van der Waals surface area contributed by atoms with E-state index in [9.17, 15) is 13.2 Å². The molecular weight excluding hydrogens is 344 g/mol. The summed E-state index contributed by atoms with van der Waals surface area (Å²) in [6, 6.07) is 7.26. The molecule has 7 nitrogen and oxygen atoms in total. The molecule has 0 aliphatic carbocycles. The predicted molar refractivity (Wildman–Crippen MR) is 95.2 cm³/mol. The van der Waals surface area contributed by atoms with Crippen LogP contribution in [0, 0.1) is 0 Å². The maximum Gasteiger partial charge on any atom is 0.409 e. The molecule has 8 heteroatoms. The molecule has 1 fully saturated rings. The molecule has 1 aromatic carbocycles. The second-order valence-electron chi connectivity index (χ2n) is 6.00. The van der Waals surface area contributed by atoms with E-state index in [1.165, 1.54) is 0 Å². The molecule has 1 aliphatic rings. The van der Waals surface area contributed by atoms with E-state index < -0.39 is 10.0 Å². The molecule has 140 valence electrons. The molecule has 2 rings (SSSR count). The van der Waals surface area contributed by atoms with Gasteiger partial charge >= 0.3 is 6.09 Å². The minimum absolute atomic E-state index is 0.0260. The fraction of sp³-hybridized carbons (Fsp3) is 0.588. The largest absolute Gasteiger partial charge is 0.497 e. The summed E-state index contributed by atoms with van der Waals surface area (Å²) in [5.74, 6) is 0.743. The Morgan fingerprint density at radius 1 is 1.32 bits per heavy atom. The number of nitrogens with one attached hydrogen (secondary N) is 1. The van der Waals surface area contributed by atoms with Crippen molar-refractivity contribution < 1.29 is 22.7 Å². The summed E-state index contributed by atoms with van der Waals surface area (Å²) in [5.41, 5.74) is 0.918. The van der Waals surface area contributed by atoms with Gasteiger partial charge in [-0.15, -0.1) is 0 Å². The quantitative estimate of drug-likeness (QED) is 0.791. The maximum atomic E-state index is 12.3. The van der Waals surface area contributed by atoms with Crippen LogP contribution in [0.2, 0.25) is 0 Å². The number of benzene rings is 1. The highest BCUT2D eigenvalue weighted by molar-refractivity contribution is 7.89. The minimum Gasteiger partial charge on any atom is -0.497 e. The normalized spacial score (nSPS) is 15.8. The van der Waals surface area contributed by atoms with Crippen LogP contribution in [0.4, 0.5) is 4.79 Å². The molecule has 1 amide bonds. The Kier molecular flexibility index (Phi) is 7.07. The third kappa shape index (κ3) is 6.21. The molecule has 1 saturated heterocycles. The Morgan fingerprint density at radius 3 is 2.68 bits per heavy atom. The lowest BCUT2D eigenvalue weighted by Gasteiger charge is -2.31. The number of amides is 1. The average molecular weight is 370 g/mol. The van der Waals surface area contributed by atoms with Crippen molar-refractivity contribution >= 4 is 16.1 Å². The molecule has 1 aromatic rings. The number of piperidine rings is 1. The van der Waals surface area contributed by atoms with Gasteiger partial charge in [0, 0.05) is 19.1 Å². The lowest BCUT2D eigenvalue weighted by atomic mass is 10.1. The topological polar surface area (TPSA) is 84.9 Å². The van der Waals surface area contributed by atoms with E-state index in [1.54, 1.807) is 18.9 Å². The van der Waals surface area contributed by atoms with Crippen LogP contribution in [-0.4, -0.2) is 58.0 Å².